The highest BCUT2D eigenvalue weighted by Crippen LogP contribution is 2.29. The summed E-state index contributed by atoms with van der Waals surface area (Å²) in [5, 5.41) is 6.86. The molecular weight excluding hydrogens is 354 g/mol. The molecular formula is C18H21N3O4S. The molecule has 26 heavy (non-hydrogen) atoms. The van der Waals surface area contributed by atoms with Crippen molar-refractivity contribution in [2.75, 3.05) is 39.5 Å². The molecule has 1 aliphatic heterocycles. The van der Waals surface area contributed by atoms with Crippen LogP contribution >= 0.6 is 12.1 Å². The Kier molecular flexibility index (Phi) is 6.59. The second-order valence-electron chi connectivity index (χ2n) is 5.71. The molecule has 1 aliphatic rings. The zero-order valence-electron chi connectivity index (χ0n) is 14.3. The van der Waals surface area contributed by atoms with Crippen LogP contribution in [0, 0.1) is 0 Å². The highest BCUT2D eigenvalue weighted by Gasteiger charge is 2.32. The number of nitrogens with one attached hydrogen (secondary N) is 1. The normalized spacial score (nSPS) is 13.7. The molecule has 3 rings (SSSR count). The third-order valence-electron chi connectivity index (χ3n) is 4.12. The van der Waals surface area contributed by atoms with Gasteiger partial charge in [-0.1, -0.05) is 24.3 Å². The van der Waals surface area contributed by atoms with Gasteiger partial charge in [0.15, 0.2) is 0 Å². The molecule has 0 aliphatic carbocycles. The summed E-state index contributed by atoms with van der Waals surface area (Å²) >= 11 is 1.05. The molecule has 0 atom stereocenters. The average Bonchev–Trinajstić information content (AvgIpc) is 2.67. The third-order valence-corrected chi connectivity index (χ3v) is 4.49. The second-order valence-corrected chi connectivity index (χ2v) is 6.23. The van der Waals surface area contributed by atoms with E-state index in [2.05, 4.69) is 4.72 Å². The number of nitrogens with two attached hydrogens (primary N) is 1. The third kappa shape index (κ3) is 4.05. The maximum absolute atomic E-state index is 12.7. The van der Waals surface area contributed by atoms with Crippen LogP contribution in [0.1, 0.15) is 20.7 Å². The monoisotopic (exact) mass is 375 g/mol. The molecule has 0 bridgehead atoms. The van der Waals surface area contributed by atoms with Gasteiger partial charge in [0.2, 0.25) is 0 Å². The van der Waals surface area contributed by atoms with Crippen molar-refractivity contribution in [1.82, 2.24) is 9.62 Å². The molecule has 0 fully saturated rings. The van der Waals surface area contributed by atoms with E-state index in [9.17, 15) is 9.59 Å². The van der Waals surface area contributed by atoms with Crippen LogP contribution in [0.5, 0.6) is 0 Å². The largest absolute Gasteiger partial charge is 0.378 e. The van der Waals surface area contributed by atoms with E-state index in [0.717, 1.165) is 22.9 Å². The number of rotatable bonds is 10. The molecule has 2 aromatic rings. The SMILES string of the molecule is NSNCCOCCOCCN1C(=O)c2cccc3cccc(c23)C1=O. The second kappa shape index (κ2) is 9.11. The van der Waals surface area contributed by atoms with Crippen LogP contribution in [0.15, 0.2) is 36.4 Å². The number of hydrogen-bond acceptors (Lipinski definition) is 7. The van der Waals surface area contributed by atoms with E-state index in [1.807, 2.05) is 24.3 Å². The fourth-order valence-electron chi connectivity index (χ4n) is 2.93. The summed E-state index contributed by atoms with van der Waals surface area (Å²) in [5.74, 6) is -0.547. The lowest BCUT2D eigenvalue weighted by molar-refractivity contribution is 0.0350. The molecule has 1 heterocycles. The number of ether oxygens (including phenoxy) is 2. The number of amides is 2. The zero-order valence-corrected chi connectivity index (χ0v) is 15.1. The smallest absolute Gasteiger partial charge is 0.261 e. The van der Waals surface area contributed by atoms with E-state index in [1.54, 1.807) is 12.1 Å². The van der Waals surface area contributed by atoms with Gasteiger partial charge < -0.3 is 9.47 Å². The van der Waals surface area contributed by atoms with Crippen molar-refractivity contribution >= 4 is 34.7 Å². The lowest BCUT2D eigenvalue weighted by Crippen LogP contribution is -2.42. The Balaban J connectivity index is 1.53. The van der Waals surface area contributed by atoms with Crippen molar-refractivity contribution in [1.29, 1.82) is 0 Å². The first-order chi connectivity index (χ1) is 12.7. The van der Waals surface area contributed by atoms with Crippen molar-refractivity contribution in [3.05, 3.63) is 47.5 Å². The summed E-state index contributed by atoms with van der Waals surface area (Å²) in [7, 11) is 0. The van der Waals surface area contributed by atoms with Crippen molar-refractivity contribution in [3.8, 4) is 0 Å². The topological polar surface area (TPSA) is 93.9 Å². The summed E-state index contributed by atoms with van der Waals surface area (Å²) in [4.78, 5) is 26.6. The molecule has 0 unspecified atom stereocenters. The van der Waals surface area contributed by atoms with Gasteiger partial charge in [-0.25, -0.2) is 4.72 Å². The fourth-order valence-corrected chi connectivity index (χ4v) is 3.14. The van der Waals surface area contributed by atoms with Crippen molar-refractivity contribution in [3.63, 3.8) is 0 Å². The first-order valence-electron chi connectivity index (χ1n) is 8.36. The highest BCUT2D eigenvalue weighted by molar-refractivity contribution is 7.95. The standard InChI is InChI=1S/C18H21N3O4S/c19-26-20-7-9-24-11-12-25-10-8-21-17(22)14-5-1-3-13-4-2-6-15(16(13)14)18(21)23/h1-6,20H,7-12,19H2. The number of nitrogens with zero attached hydrogens (tertiary/aromatic N) is 1. The van der Waals surface area contributed by atoms with Crippen LogP contribution in [-0.4, -0.2) is 56.2 Å². The number of carbonyl (C=O) groups excluding carboxylic acids is 2. The van der Waals surface area contributed by atoms with E-state index in [0.29, 0.717) is 37.5 Å². The zero-order chi connectivity index (χ0) is 18.4. The van der Waals surface area contributed by atoms with Gasteiger partial charge in [0.25, 0.3) is 11.8 Å². The minimum absolute atomic E-state index is 0.216. The Morgan fingerprint density at radius 3 is 2.15 bits per heavy atom. The van der Waals surface area contributed by atoms with Gasteiger partial charge in [0, 0.05) is 35.2 Å². The van der Waals surface area contributed by atoms with Crippen LogP contribution in [0.3, 0.4) is 0 Å². The molecule has 7 nitrogen and oxygen atoms in total. The van der Waals surface area contributed by atoms with Gasteiger partial charge >= 0.3 is 0 Å². The Morgan fingerprint density at radius 2 is 1.54 bits per heavy atom. The molecule has 0 aromatic heterocycles. The number of imide groups is 1. The minimum Gasteiger partial charge on any atom is -0.378 e. The van der Waals surface area contributed by atoms with E-state index in [4.69, 9.17) is 14.6 Å². The summed E-state index contributed by atoms with van der Waals surface area (Å²) in [6.45, 7) is 2.53. The van der Waals surface area contributed by atoms with Gasteiger partial charge in [0.05, 0.1) is 33.0 Å². The van der Waals surface area contributed by atoms with E-state index < -0.39 is 0 Å². The molecule has 138 valence electrons. The predicted octanol–water partition coefficient (Wildman–Crippen LogP) is 1.58. The van der Waals surface area contributed by atoms with Crippen LogP contribution < -0.4 is 9.86 Å². The van der Waals surface area contributed by atoms with Crippen molar-refractivity contribution in [2.24, 2.45) is 5.14 Å². The Bertz CT molecular complexity index is 748. The maximum Gasteiger partial charge on any atom is 0.261 e. The Hall–Kier alpha value is -1.97. The van der Waals surface area contributed by atoms with E-state index in [1.165, 1.54) is 4.90 Å². The van der Waals surface area contributed by atoms with Gasteiger partial charge in [-0.3, -0.25) is 19.6 Å². The van der Waals surface area contributed by atoms with Gasteiger partial charge in [0.1, 0.15) is 0 Å². The summed E-state index contributed by atoms with van der Waals surface area (Å²) in [6.07, 6.45) is 0. The van der Waals surface area contributed by atoms with Crippen LogP contribution in [0.25, 0.3) is 10.8 Å². The van der Waals surface area contributed by atoms with E-state index >= 15 is 0 Å². The summed E-state index contributed by atoms with van der Waals surface area (Å²) < 4.78 is 13.7. The van der Waals surface area contributed by atoms with Gasteiger partial charge in [-0.15, -0.1) is 0 Å². The maximum atomic E-state index is 12.7. The fraction of sp³-hybridized carbons (Fsp3) is 0.333. The van der Waals surface area contributed by atoms with Crippen molar-refractivity contribution < 1.29 is 19.1 Å². The summed E-state index contributed by atoms with van der Waals surface area (Å²) in [5.41, 5.74) is 1.12. The highest BCUT2D eigenvalue weighted by atomic mass is 32.2. The lowest BCUT2D eigenvalue weighted by atomic mass is 9.94. The molecule has 2 aromatic carbocycles. The van der Waals surface area contributed by atoms with E-state index in [-0.39, 0.29) is 25.0 Å². The first kappa shape index (κ1) is 18.8. The number of benzene rings is 2. The lowest BCUT2D eigenvalue weighted by Gasteiger charge is -2.27. The molecule has 2 amide bonds. The Morgan fingerprint density at radius 1 is 0.923 bits per heavy atom. The van der Waals surface area contributed by atoms with Crippen LogP contribution in [0.4, 0.5) is 0 Å². The quantitative estimate of drug-likeness (QED) is 0.370. The first-order valence-corrected chi connectivity index (χ1v) is 9.24. The molecule has 0 radical (unpaired) electrons. The van der Waals surface area contributed by atoms with Gasteiger partial charge in [-0.2, -0.15) is 0 Å². The molecule has 0 saturated heterocycles. The summed E-state index contributed by atoms with van der Waals surface area (Å²) in [6, 6.07) is 11.0. The number of hydrogen-bond donors (Lipinski definition) is 2. The van der Waals surface area contributed by atoms with Crippen molar-refractivity contribution in [2.45, 2.75) is 0 Å². The molecule has 0 saturated carbocycles. The molecule has 8 heteroatoms. The molecule has 0 spiro atoms. The van der Waals surface area contributed by atoms with Crippen LogP contribution in [-0.2, 0) is 9.47 Å². The predicted molar refractivity (Wildman–Crippen MR) is 101 cm³/mol. The molecule has 3 N–H and O–H groups in total. The average molecular weight is 375 g/mol. The number of carbonyl (C=O) groups is 2. The minimum atomic E-state index is -0.274. The van der Waals surface area contributed by atoms with Gasteiger partial charge in [-0.05, 0) is 17.5 Å². The van der Waals surface area contributed by atoms with Crippen LogP contribution in [0.2, 0.25) is 0 Å². The Labute approximate surface area is 156 Å².